The molecule has 1 fully saturated rings. The van der Waals surface area contributed by atoms with Crippen molar-refractivity contribution in [1.82, 2.24) is 10.1 Å². The summed E-state index contributed by atoms with van der Waals surface area (Å²) in [6, 6.07) is 8.09. The molecule has 0 aliphatic heterocycles. The fraction of sp³-hybridized carbons (Fsp3) is 0.500. The second-order valence-corrected chi connectivity index (χ2v) is 5.41. The van der Waals surface area contributed by atoms with E-state index < -0.39 is 0 Å². The second-order valence-electron chi connectivity index (χ2n) is 5.41. The van der Waals surface area contributed by atoms with Gasteiger partial charge in [0.1, 0.15) is 6.10 Å². The molecule has 1 saturated carbocycles. The molecule has 1 heterocycles. The van der Waals surface area contributed by atoms with Gasteiger partial charge in [0.25, 0.3) is 5.89 Å². The van der Waals surface area contributed by atoms with E-state index in [1.165, 1.54) is 18.4 Å². The topological polar surface area (TPSA) is 74.2 Å². The smallest absolute Gasteiger partial charge is 0.258 e. The molecule has 3 rings (SSSR count). The standard InChI is InChI=1S/C16H21N3O2/c1-2-20-14(12-7-8-12)15-18-16(21-19-15)13-5-3-11(4-6-13)9-10-17/h3-6,12,14H,2,7-10,17H2,1H3. The Balaban J connectivity index is 1.77. The van der Waals surface area contributed by atoms with Gasteiger partial charge >= 0.3 is 0 Å². The summed E-state index contributed by atoms with van der Waals surface area (Å²) >= 11 is 0. The number of ether oxygens (including phenoxy) is 1. The highest BCUT2D eigenvalue weighted by Gasteiger charge is 2.36. The van der Waals surface area contributed by atoms with Gasteiger partial charge in [-0.05, 0) is 56.3 Å². The van der Waals surface area contributed by atoms with Crippen LogP contribution in [0, 0.1) is 5.92 Å². The van der Waals surface area contributed by atoms with Crippen LogP contribution < -0.4 is 5.73 Å². The number of rotatable bonds is 7. The SMILES string of the molecule is CCOC(c1noc(-c2ccc(CCN)cc2)n1)C1CC1. The van der Waals surface area contributed by atoms with Crippen LogP contribution in [-0.2, 0) is 11.2 Å². The molecule has 1 aliphatic rings. The van der Waals surface area contributed by atoms with Gasteiger partial charge in [-0.1, -0.05) is 17.3 Å². The normalized spacial score (nSPS) is 16.1. The summed E-state index contributed by atoms with van der Waals surface area (Å²) in [6.07, 6.45) is 3.22. The van der Waals surface area contributed by atoms with Gasteiger partial charge in [-0.25, -0.2) is 0 Å². The molecule has 1 aliphatic carbocycles. The Morgan fingerprint density at radius 1 is 1.33 bits per heavy atom. The molecule has 1 unspecified atom stereocenters. The summed E-state index contributed by atoms with van der Waals surface area (Å²) in [5.74, 6) is 1.76. The lowest BCUT2D eigenvalue weighted by Crippen LogP contribution is -2.08. The molecule has 1 aromatic heterocycles. The van der Waals surface area contributed by atoms with Gasteiger partial charge in [0.2, 0.25) is 5.82 Å². The highest BCUT2D eigenvalue weighted by atomic mass is 16.5. The van der Waals surface area contributed by atoms with Crippen LogP contribution in [0.1, 0.15) is 37.3 Å². The van der Waals surface area contributed by atoms with E-state index in [-0.39, 0.29) is 6.10 Å². The minimum absolute atomic E-state index is 0.0241. The Hall–Kier alpha value is -1.72. The van der Waals surface area contributed by atoms with Crippen LogP contribution in [0.15, 0.2) is 28.8 Å². The van der Waals surface area contributed by atoms with Gasteiger partial charge in [-0.2, -0.15) is 4.98 Å². The lowest BCUT2D eigenvalue weighted by molar-refractivity contribution is 0.0385. The third kappa shape index (κ3) is 3.31. The van der Waals surface area contributed by atoms with Gasteiger partial charge < -0.3 is 15.0 Å². The van der Waals surface area contributed by atoms with Crippen molar-refractivity contribution in [3.63, 3.8) is 0 Å². The summed E-state index contributed by atoms with van der Waals surface area (Å²) in [5.41, 5.74) is 7.70. The first kappa shape index (κ1) is 14.2. The van der Waals surface area contributed by atoms with Crippen LogP contribution in [0.25, 0.3) is 11.5 Å². The van der Waals surface area contributed by atoms with Crippen molar-refractivity contribution in [1.29, 1.82) is 0 Å². The highest BCUT2D eigenvalue weighted by molar-refractivity contribution is 5.53. The molecule has 0 radical (unpaired) electrons. The minimum Gasteiger partial charge on any atom is -0.370 e. The zero-order valence-corrected chi connectivity index (χ0v) is 12.3. The molecule has 1 atom stereocenters. The highest BCUT2D eigenvalue weighted by Crippen LogP contribution is 2.42. The summed E-state index contributed by atoms with van der Waals surface area (Å²) in [6.45, 7) is 3.31. The number of aromatic nitrogens is 2. The number of benzene rings is 1. The maximum absolute atomic E-state index is 5.75. The summed E-state index contributed by atoms with van der Waals surface area (Å²) in [4.78, 5) is 4.51. The Kier molecular flexibility index (Phi) is 4.31. The molecule has 1 aromatic carbocycles. The summed E-state index contributed by atoms with van der Waals surface area (Å²) in [7, 11) is 0. The molecule has 2 N–H and O–H groups in total. The predicted octanol–water partition coefficient (Wildman–Crippen LogP) is 2.73. The van der Waals surface area contributed by atoms with Crippen LogP contribution in [0.4, 0.5) is 0 Å². The molecule has 21 heavy (non-hydrogen) atoms. The van der Waals surface area contributed by atoms with E-state index in [1.807, 2.05) is 31.2 Å². The lowest BCUT2D eigenvalue weighted by Gasteiger charge is -2.10. The Labute approximate surface area is 124 Å². The first-order valence-electron chi connectivity index (χ1n) is 7.56. The average molecular weight is 287 g/mol. The second kappa shape index (κ2) is 6.37. The van der Waals surface area contributed by atoms with Crippen LogP contribution in [0.3, 0.4) is 0 Å². The molecule has 112 valence electrons. The van der Waals surface area contributed by atoms with E-state index in [0.717, 1.165) is 12.0 Å². The molecular formula is C16H21N3O2. The molecule has 5 nitrogen and oxygen atoms in total. The quantitative estimate of drug-likeness (QED) is 0.847. The van der Waals surface area contributed by atoms with Crippen molar-refractivity contribution in [2.24, 2.45) is 11.7 Å². The molecule has 0 bridgehead atoms. The van der Waals surface area contributed by atoms with Gasteiger partial charge in [0.15, 0.2) is 0 Å². The largest absolute Gasteiger partial charge is 0.370 e. The Morgan fingerprint density at radius 3 is 2.71 bits per heavy atom. The first-order valence-corrected chi connectivity index (χ1v) is 7.56. The number of hydrogen-bond acceptors (Lipinski definition) is 5. The minimum atomic E-state index is -0.0241. The molecule has 0 spiro atoms. The molecule has 2 aromatic rings. The van der Waals surface area contributed by atoms with Gasteiger partial charge in [0.05, 0.1) is 0 Å². The van der Waals surface area contributed by atoms with Crippen LogP contribution in [0.2, 0.25) is 0 Å². The fourth-order valence-electron chi connectivity index (χ4n) is 2.45. The van der Waals surface area contributed by atoms with Gasteiger partial charge in [0, 0.05) is 12.2 Å². The first-order chi connectivity index (χ1) is 10.3. The number of hydrogen-bond donors (Lipinski definition) is 1. The molecule has 0 saturated heterocycles. The van der Waals surface area contributed by atoms with Crippen molar-refractivity contribution < 1.29 is 9.26 Å². The van der Waals surface area contributed by atoms with Crippen molar-refractivity contribution in [3.8, 4) is 11.5 Å². The van der Waals surface area contributed by atoms with Crippen molar-refractivity contribution in [3.05, 3.63) is 35.7 Å². The molecular weight excluding hydrogens is 266 g/mol. The Morgan fingerprint density at radius 2 is 2.10 bits per heavy atom. The maximum Gasteiger partial charge on any atom is 0.258 e. The van der Waals surface area contributed by atoms with E-state index in [1.54, 1.807) is 0 Å². The third-order valence-electron chi connectivity index (χ3n) is 3.73. The van der Waals surface area contributed by atoms with Gasteiger partial charge in [-0.3, -0.25) is 0 Å². The van der Waals surface area contributed by atoms with Gasteiger partial charge in [-0.15, -0.1) is 0 Å². The van der Waals surface area contributed by atoms with E-state index in [2.05, 4.69) is 10.1 Å². The maximum atomic E-state index is 5.75. The fourth-order valence-corrected chi connectivity index (χ4v) is 2.45. The predicted molar refractivity (Wildman–Crippen MR) is 79.6 cm³/mol. The molecule has 0 amide bonds. The number of nitrogens with zero attached hydrogens (tertiary/aromatic N) is 2. The molecule has 5 heteroatoms. The van der Waals surface area contributed by atoms with Crippen molar-refractivity contribution >= 4 is 0 Å². The van der Waals surface area contributed by atoms with Crippen LogP contribution in [0.5, 0.6) is 0 Å². The third-order valence-corrected chi connectivity index (χ3v) is 3.73. The average Bonchev–Trinajstić information content (AvgIpc) is 3.23. The van der Waals surface area contributed by atoms with E-state index >= 15 is 0 Å². The zero-order chi connectivity index (χ0) is 14.7. The Bertz CT molecular complexity index is 575. The van der Waals surface area contributed by atoms with E-state index in [0.29, 0.717) is 30.8 Å². The summed E-state index contributed by atoms with van der Waals surface area (Å²) < 4.78 is 11.1. The monoisotopic (exact) mass is 287 g/mol. The van der Waals surface area contributed by atoms with Crippen LogP contribution in [-0.4, -0.2) is 23.3 Å². The number of nitrogens with two attached hydrogens (primary N) is 1. The zero-order valence-electron chi connectivity index (χ0n) is 12.3. The van der Waals surface area contributed by atoms with Crippen LogP contribution >= 0.6 is 0 Å². The summed E-state index contributed by atoms with van der Waals surface area (Å²) in [5, 5.41) is 4.10. The van der Waals surface area contributed by atoms with E-state index in [4.69, 9.17) is 15.0 Å². The van der Waals surface area contributed by atoms with Crippen molar-refractivity contribution in [2.75, 3.05) is 13.2 Å². The van der Waals surface area contributed by atoms with Crippen molar-refractivity contribution in [2.45, 2.75) is 32.3 Å². The lowest BCUT2D eigenvalue weighted by atomic mass is 10.1. The van der Waals surface area contributed by atoms with E-state index in [9.17, 15) is 0 Å².